The summed E-state index contributed by atoms with van der Waals surface area (Å²) in [6, 6.07) is 1.79. The summed E-state index contributed by atoms with van der Waals surface area (Å²) in [5, 5.41) is 0. The number of furan rings is 1. The van der Waals surface area contributed by atoms with Crippen LogP contribution < -0.4 is 5.73 Å². The minimum Gasteiger partial charge on any atom is -0.459 e. The lowest BCUT2D eigenvalue weighted by Crippen LogP contribution is -2.01. The van der Waals surface area contributed by atoms with E-state index in [1.54, 1.807) is 12.3 Å². The second-order valence-corrected chi connectivity index (χ2v) is 3.26. The monoisotopic (exact) mass is 177 g/mol. The Kier molecular flexibility index (Phi) is 1.69. The highest BCUT2D eigenvalue weighted by molar-refractivity contribution is 5.81. The van der Waals surface area contributed by atoms with Gasteiger partial charge in [0.05, 0.1) is 6.26 Å². The van der Waals surface area contributed by atoms with Gasteiger partial charge in [-0.05, 0) is 0 Å². The largest absolute Gasteiger partial charge is 0.459 e. The summed E-state index contributed by atoms with van der Waals surface area (Å²) in [5.74, 6) is 1.45. The van der Waals surface area contributed by atoms with Gasteiger partial charge in [-0.3, -0.25) is 0 Å². The Labute approximate surface area is 75.8 Å². The van der Waals surface area contributed by atoms with E-state index in [9.17, 15) is 0 Å². The van der Waals surface area contributed by atoms with Gasteiger partial charge in [-0.2, -0.15) is 0 Å². The van der Waals surface area contributed by atoms with Crippen molar-refractivity contribution in [2.75, 3.05) is 5.73 Å². The molecule has 0 saturated carbocycles. The van der Waals surface area contributed by atoms with Gasteiger partial charge in [-0.15, -0.1) is 0 Å². The van der Waals surface area contributed by atoms with Gasteiger partial charge in [-0.1, -0.05) is 13.8 Å². The molecule has 0 fully saturated rings. The van der Waals surface area contributed by atoms with Crippen molar-refractivity contribution in [1.29, 1.82) is 0 Å². The smallest absolute Gasteiger partial charge is 0.194 e. The molecule has 0 aromatic carbocycles. The van der Waals surface area contributed by atoms with Crippen LogP contribution in [0.15, 0.2) is 16.7 Å². The van der Waals surface area contributed by atoms with E-state index < -0.39 is 0 Å². The van der Waals surface area contributed by atoms with Crippen LogP contribution in [0.2, 0.25) is 0 Å². The topological polar surface area (TPSA) is 64.9 Å². The lowest BCUT2D eigenvalue weighted by atomic mass is 10.2. The van der Waals surface area contributed by atoms with Gasteiger partial charge < -0.3 is 10.2 Å². The number of hydrogen-bond acceptors (Lipinski definition) is 4. The van der Waals surface area contributed by atoms with E-state index in [4.69, 9.17) is 10.2 Å². The number of aromatic nitrogens is 2. The Morgan fingerprint density at radius 3 is 2.85 bits per heavy atom. The Balaban J connectivity index is 2.70. The third-order valence-corrected chi connectivity index (χ3v) is 1.86. The molecule has 0 saturated heterocycles. The molecule has 13 heavy (non-hydrogen) atoms. The molecule has 2 rings (SSSR count). The molecular weight excluding hydrogens is 166 g/mol. The first-order valence-electron chi connectivity index (χ1n) is 4.19. The fourth-order valence-corrected chi connectivity index (χ4v) is 1.16. The number of rotatable bonds is 1. The molecule has 2 aromatic heterocycles. The van der Waals surface area contributed by atoms with Crippen molar-refractivity contribution < 1.29 is 4.42 Å². The summed E-state index contributed by atoms with van der Waals surface area (Å²) < 4.78 is 5.13. The average Bonchev–Trinajstić information content (AvgIpc) is 2.51. The highest BCUT2D eigenvalue weighted by Crippen LogP contribution is 2.21. The van der Waals surface area contributed by atoms with Crippen LogP contribution >= 0.6 is 0 Å². The molecule has 2 heterocycles. The van der Waals surface area contributed by atoms with Crippen molar-refractivity contribution in [2.24, 2.45) is 0 Å². The summed E-state index contributed by atoms with van der Waals surface area (Å²) >= 11 is 0. The first-order valence-corrected chi connectivity index (χ1v) is 4.19. The summed E-state index contributed by atoms with van der Waals surface area (Å²) in [6.07, 6.45) is 1.57. The normalized spacial score (nSPS) is 11.3. The third-order valence-electron chi connectivity index (χ3n) is 1.86. The Morgan fingerprint density at radius 1 is 1.38 bits per heavy atom. The van der Waals surface area contributed by atoms with Gasteiger partial charge in [0.15, 0.2) is 11.4 Å². The second-order valence-electron chi connectivity index (χ2n) is 3.26. The van der Waals surface area contributed by atoms with Gasteiger partial charge in [-0.25, -0.2) is 9.97 Å². The minimum atomic E-state index is 0.279. The van der Waals surface area contributed by atoms with E-state index in [-0.39, 0.29) is 5.92 Å². The summed E-state index contributed by atoms with van der Waals surface area (Å²) in [4.78, 5) is 8.46. The van der Waals surface area contributed by atoms with Crippen molar-refractivity contribution in [3.05, 3.63) is 18.2 Å². The lowest BCUT2D eigenvalue weighted by molar-refractivity contribution is 0.614. The first-order chi connectivity index (χ1) is 6.18. The van der Waals surface area contributed by atoms with Crippen LogP contribution in [0.4, 0.5) is 5.82 Å². The summed E-state index contributed by atoms with van der Waals surface area (Å²) in [7, 11) is 0. The zero-order valence-corrected chi connectivity index (χ0v) is 7.61. The number of fused-ring (bicyclic) bond motifs is 1. The summed E-state index contributed by atoms with van der Waals surface area (Å²) in [6.45, 7) is 4.06. The number of nitrogen functional groups attached to an aromatic ring is 1. The molecule has 0 aliphatic heterocycles. The van der Waals surface area contributed by atoms with Crippen molar-refractivity contribution in [3.8, 4) is 0 Å². The van der Waals surface area contributed by atoms with Crippen LogP contribution in [0, 0.1) is 0 Å². The molecule has 4 nitrogen and oxygen atoms in total. The maximum atomic E-state index is 5.69. The predicted octanol–water partition coefficient (Wildman–Crippen LogP) is 1.93. The van der Waals surface area contributed by atoms with E-state index in [0.717, 1.165) is 11.3 Å². The summed E-state index contributed by atoms with van der Waals surface area (Å²) in [5.41, 5.74) is 7.04. The second kappa shape index (κ2) is 2.73. The molecule has 0 amide bonds. The van der Waals surface area contributed by atoms with Crippen LogP contribution in [0.5, 0.6) is 0 Å². The fraction of sp³-hybridized carbons (Fsp3) is 0.333. The maximum Gasteiger partial charge on any atom is 0.194 e. The number of hydrogen-bond donors (Lipinski definition) is 1. The van der Waals surface area contributed by atoms with Crippen molar-refractivity contribution in [2.45, 2.75) is 19.8 Å². The zero-order valence-electron chi connectivity index (χ0n) is 7.61. The Morgan fingerprint density at radius 2 is 2.15 bits per heavy atom. The van der Waals surface area contributed by atoms with Crippen molar-refractivity contribution in [3.63, 3.8) is 0 Å². The molecule has 0 bridgehead atoms. The number of anilines is 1. The van der Waals surface area contributed by atoms with Crippen LogP contribution in [0.3, 0.4) is 0 Å². The lowest BCUT2D eigenvalue weighted by Gasteiger charge is -2.03. The SMILES string of the molecule is CC(C)c1nc(N)c2occc2n1. The first kappa shape index (κ1) is 8.04. The molecule has 0 spiro atoms. The molecule has 2 aromatic rings. The van der Waals surface area contributed by atoms with E-state index in [1.807, 2.05) is 13.8 Å². The zero-order chi connectivity index (χ0) is 9.42. The molecule has 0 unspecified atom stereocenters. The Hall–Kier alpha value is -1.58. The van der Waals surface area contributed by atoms with Gasteiger partial charge in [0, 0.05) is 12.0 Å². The molecule has 2 N–H and O–H groups in total. The molecule has 0 aliphatic carbocycles. The Bertz CT molecular complexity index is 433. The van der Waals surface area contributed by atoms with Gasteiger partial charge in [0.2, 0.25) is 0 Å². The minimum absolute atomic E-state index is 0.279. The van der Waals surface area contributed by atoms with E-state index in [1.165, 1.54) is 0 Å². The van der Waals surface area contributed by atoms with Crippen LogP contribution in [-0.2, 0) is 0 Å². The van der Waals surface area contributed by atoms with Crippen LogP contribution in [-0.4, -0.2) is 9.97 Å². The maximum absolute atomic E-state index is 5.69. The number of nitrogens with two attached hydrogens (primary N) is 1. The van der Waals surface area contributed by atoms with Gasteiger partial charge >= 0.3 is 0 Å². The van der Waals surface area contributed by atoms with Gasteiger partial charge in [0.25, 0.3) is 0 Å². The molecule has 0 aliphatic rings. The predicted molar refractivity (Wildman–Crippen MR) is 50.3 cm³/mol. The van der Waals surface area contributed by atoms with Gasteiger partial charge in [0.1, 0.15) is 11.3 Å². The van der Waals surface area contributed by atoms with Crippen molar-refractivity contribution >= 4 is 16.9 Å². The highest BCUT2D eigenvalue weighted by atomic mass is 16.3. The van der Waals surface area contributed by atoms with Crippen LogP contribution in [0.1, 0.15) is 25.6 Å². The third kappa shape index (κ3) is 1.24. The molecule has 68 valence electrons. The molecule has 0 atom stereocenters. The van der Waals surface area contributed by atoms with E-state index >= 15 is 0 Å². The van der Waals surface area contributed by atoms with Crippen LogP contribution in [0.25, 0.3) is 11.1 Å². The average molecular weight is 177 g/mol. The van der Waals surface area contributed by atoms with E-state index in [0.29, 0.717) is 11.4 Å². The van der Waals surface area contributed by atoms with E-state index in [2.05, 4.69) is 9.97 Å². The molecule has 4 heteroatoms. The van der Waals surface area contributed by atoms with Crippen molar-refractivity contribution in [1.82, 2.24) is 9.97 Å². The molecule has 0 radical (unpaired) electrons. The standard InChI is InChI=1S/C9H11N3O/c1-5(2)9-11-6-3-4-13-7(6)8(10)12-9/h3-5H,1-2H3,(H2,10,11,12). The molecular formula is C9H11N3O. The highest BCUT2D eigenvalue weighted by Gasteiger charge is 2.09. The fourth-order valence-electron chi connectivity index (χ4n) is 1.16. The number of nitrogens with zero attached hydrogens (tertiary/aromatic N) is 2. The quantitative estimate of drug-likeness (QED) is 0.722.